The molecule has 0 saturated heterocycles. The number of allylic oxidation sites excluding steroid dienone is 10. The van der Waals surface area contributed by atoms with Crippen LogP contribution in [0.1, 0.15) is 42.0 Å². The normalized spacial score (nSPS) is 17.6. The SMILES string of the molecule is O=C1C=CC(=C2c3ccc([nH]3)C(=C3C=CC(=O)C=C3)c3ccc(s3)/C(c3ccc(O)cc3)=c3/cc/c([nH]3)=C(\c3ccccc3)c3ccc2s3)C=C1. The predicted molar refractivity (Wildman–Crippen MR) is 206 cm³/mol. The van der Waals surface area contributed by atoms with E-state index in [9.17, 15) is 14.7 Å². The highest BCUT2D eigenvalue weighted by Crippen LogP contribution is 2.40. The average molecular weight is 697 g/mol. The smallest absolute Gasteiger partial charge is 0.178 e. The second-order valence-electron chi connectivity index (χ2n) is 12.4. The average Bonchev–Trinajstić information content (AvgIpc) is 3.99. The molecule has 2 aliphatic carbocycles. The van der Waals surface area contributed by atoms with Crippen LogP contribution in [0.2, 0.25) is 0 Å². The van der Waals surface area contributed by atoms with E-state index >= 15 is 0 Å². The fraction of sp³-hybridized carbons (Fsp3) is 0. The van der Waals surface area contributed by atoms with Crippen molar-refractivity contribution in [1.29, 1.82) is 0 Å². The summed E-state index contributed by atoms with van der Waals surface area (Å²) in [5.74, 6) is 0.123. The molecule has 0 saturated carbocycles. The molecule has 51 heavy (non-hydrogen) atoms. The summed E-state index contributed by atoms with van der Waals surface area (Å²) in [7, 11) is 0. The molecule has 4 aromatic heterocycles. The molecule has 5 heterocycles. The van der Waals surface area contributed by atoms with Gasteiger partial charge in [-0.3, -0.25) is 9.59 Å². The minimum Gasteiger partial charge on any atom is -0.508 e. The standard InChI is InChI=1S/C44H28N2O3S2/c47-30-12-6-27(7-13-30)42-34-19-18-33(45-34)41(26-4-2-1-3-5-26)37-22-23-38(50-37)43(28-8-14-31(48)15-9-28)35-20-21-36(46-35)44(40-25-24-39(42)51-40)29-10-16-32(49)17-11-29/h1-25,45-47H/b41-33-,42-34-. The molecule has 5 nitrogen and oxygen atoms in total. The van der Waals surface area contributed by atoms with Gasteiger partial charge in [0.2, 0.25) is 0 Å². The van der Waals surface area contributed by atoms with E-state index in [4.69, 9.17) is 0 Å². The van der Waals surface area contributed by atoms with Gasteiger partial charge in [-0.2, -0.15) is 0 Å². The van der Waals surface area contributed by atoms with Crippen molar-refractivity contribution in [3.05, 3.63) is 216 Å². The van der Waals surface area contributed by atoms with Crippen LogP contribution in [0.5, 0.6) is 5.75 Å². The maximum atomic E-state index is 12.2. The highest BCUT2D eigenvalue weighted by Gasteiger charge is 2.22. The van der Waals surface area contributed by atoms with Crippen LogP contribution in [0.25, 0.3) is 22.3 Å². The quantitative estimate of drug-likeness (QED) is 0.172. The number of aromatic nitrogens is 2. The molecule has 244 valence electrons. The first-order chi connectivity index (χ1) is 25.0. The summed E-state index contributed by atoms with van der Waals surface area (Å²) in [6.45, 7) is 0. The zero-order chi connectivity index (χ0) is 34.5. The fourth-order valence-electron chi connectivity index (χ4n) is 6.78. The Bertz CT molecular complexity index is 2680. The largest absolute Gasteiger partial charge is 0.508 e. The number of aromatic amines is 2. The highest BCUT2D eigenvalue weighted by atomic mass is 32.1. The van der Waals surface area contributed by atoms with Crippen LogP contribution in [0.15, 0.2) is 163 Å². The Kier molecular flexibility index (Phi) is 7.57. The molecule has 7 heteroatoms. The van der Waals surface area contributed by atoms with Crippen molar-refractivity contribution >= 4 is 56.5 Å². The van der Waals surface area contributed by atoms with E-state index in [1.165, 1.54) is 0 Å². The van der Waals surface area contributed by atoms with Crippen LogP contribution < -0.4 is 10.7 Å². The summed E-state index contributed by atoms with van der Waals surface area (Å²) in [6, 6.07) is 34.8. The number of carbonyl (C=O) groups is 2. The van der Waals surface area contributed by atoms with Gasteiger partial charge in [0, 0.05) is 63.9 Å². The van der Waals surface area contributed by atoms with E-state index in [-0.39, 0.29) is 17.3 Å². The minimum atomic E-state index is -0.0466. The van der Waals surface area contributed by atoms with Gasteiger partial charge in [-0.15, -0.1) is 22.7 Å². The van der Waals surface area contributed by atoms with E-state index in [2.05, 4.69) is 82.8 Å². The van der Waals surface area contributed by atoms with Crippen molar-refractivity contribution in [1.82, 2.24) is 9.97 Å². The van der Waals surface area contributed by atoms with Crippen molar-refractivity contribution in [3.63, 3.8) is 0 Å². The van der Waals surface area contributed by atoms with Gasteiger partial charge in [0.15, 0.2) is 11.6 Å². The lowest BCUT2D eigenvalue weighted by molar-refractivity contribution is -0.111. The molecule has 0 radical (unpaired) electrons. The Hall–Kier alpha value is -6.28. The summed E-state index contributed by atoms with van der Waals surface area (Å²) in [5, 5.41) is 12.1. The number of fused-ring (bicyclic) bond motifs is 8. The van der Waals surface area contributed by atoms with E-state index in [0.29, 0.717) is 0 Å². The van der Waals surface area contributed by atoms with Gasteiger partial charge in [-0.25, -0.2) is 0 Å². The minimum absolute atomic E-state index is 0.0386. The third-order valence-corrected chi connectivity index (χ3v) is 11.4. The Morgan fingerprint density at radius 3 is 1.31 bits per heavy atom. The summed E-state index contributed by atoms with van der Waals surface area (Å²) in [5.41, 5.74) is 9.81. The number of rotatable bonds is 2. The number of aromatic hydroxyl groups is 1. The molecule has 3 aliphatic rings. The summed E-state index contributed by atoms with van der Waals surface area (Å²) < 4.78 is 0. The zero-order valence-electron chi connectivity index (χ0n) is 27.0. The maximum absolute atomic E-state index is 12.2. The number of benzene rings is 2. The lowest BCUT2D eigenvalue weighted by Crippen LogP contribution is -2.16. The van der Waals surface area contributed by atoms with Crippen LogP contribution in [-0.4, -0.2) is 26.6 Å². The predicted octanol–water partition coefficient (Wildman–Crippen LogP) is 7.97. The van der Waals surface area contributed by atoms with Crippen molar-refractivity contribution in [3.8, 4) is 5.75 Å². The van der Waals surface area contributed by atoms with Crippen LogP contribution in [0.4, 0.5) is 0 Å². The molecule has 1 aliphatic heterocycles. The van der Waals surface area contributed by atoms with E-state index in [1.807, 2.05) is 42.5 Å². The second-order valence-corrected chi connectivity index (χ2v) is 14.5. The van der Waals surface area contributed by atoms with Crippen molar-refractivity contribution in [2.75, 3.05) is 0 Å². The first-order valence-electron chi connectivity index (χ1n) is 16.5. The van der Waals surface area contributed by atoms with E-state index in [1.54, 1.807) is 59.1 Å². The fourth-order valence-corrected chi connectivity index (χ4v) is 9.12. The van der Waals surface area contributed by atoms with Gasteiger partial charge in [0.25, 0.3) is 0 Å². The van der Waals surface area contributed by atoms with E-state index in [0.717, 1.165) is 86.2 Å². The van der Waals surface area contributed by atoms with E-state index < -0.39 is 0 Å². The molecule has 0 atom stereocenters. The van der Waals surface area contributed by atoms with Crippen LogP contribution >= 0.6 is 22.7 Å². The lowest BCUT2D eigenvalue weighted by atomic mass is 9.99. The third kappa shape index (κ3) is 5.68. The monoisotopic (exact) mass is 696 g/mol. The zero-order valence-corrected chi connectivity index (χ0v) is 28.6. The Balaban J connectivity index is 1.40. The Labute approximate surface area is 301 Å². The molecule has 0 spiro atoms. The number of carbonyl (C=O) groups excluding carboxylic acids is 2. The Morgan fingerprint density at radius 2 is 0.843 bits per heavy atom. The molecule has 0 amide bonds. The molecule has 6 aromatic rings. The second kappa shape index (κ2) is 12.6. The van der Waals surface area contributed by atoms with Gasteiger partial charge in [-0.1, -0.05) is 66.8 Å². The van der Waals surface area contributed by atoms with Gasteiger partial charge in [0.05, 0.1) is 0 Å². The van der Waals surface area contributed by atoms with Crippen LogP contribution in [0.3, 0.4) is 0 Å². The van der Waals surface area contributed by atoms with Crippen molar-refractivity contribution in [2.45, 2.75) is 0 Å². The van der Waals surface area contributed by atoms with Gasteiger partial charge in [-0.05, 0) is 107 Å². The number of phenols is 1. The first-order valence-corrected chi connectivity index (χ1v) is 18.1. The van der Waals surface area contributed by atoms with Crippen LogP contribution in [-0.2, 0) is 9.59 Å². The number of nitrogens with one attached hydrogen (secondary N) is 2. The first kappa shape index (κ1) is 30.8. The summed E-state index contributed by atoms with van der Waals surface area (Å²) in [6.07, 6.45) is 14.0. The van der Waals surface area contributed by atoms with Crippen LogP contribution in [0, 0.1) is 0 Å². The summed E-state index contributed by atoms with van der Waals surface area (Å²) >= 11 is 3.37. The van der Waals surface area contributed by atoms with Crippen molar-refractivity contribution in [2.24, 2.45) is 0 Å². The number of H-pyrrole nitrogens is 2. The number of hydrogen-bond acceptors (Lipinski definition) is 5. The molecule has 0 unspecified atom stereocenters. The van der Waals surface area contributed by atoms with Gasteiger partial charge >= 0.3 is 0 Å². The molecular weight excluding hydrogens is 669 g/mol. The number of thiophene rings is 2. The summed E-state index contributed by atoms with van der Waals surface area (Å²) in [4.78, 5) is 36.2. The number of ketones is 2. The van der Waals surface area contributed by atoms with Crippen molar-refractivity contribution < 1.29 is 14.7 Å². The molecule has 0 fully saturated rings. The Morgan fingerprint density at radius 1 is 0.412 bits per heavy atom. The molecule has 9 rings (SSSR count). The maximum Gasteiger partial charge on any atom is 0.178 e. The highest BCUT2D eigenvalue weighted by molar-refractivity contribution is 7.14. The molecule has 3 N–H and O–H groups in total. The van der Waals surface area contributed by atoms with Gasteiger partial charge in [0.1, 0.15) is 5.75 Å². The topological polar surface area (TPSA) is 85.9 Å². The third-order valence-electron chi connectivity index (χ3n) is 9.15. The molecule has 2 aromatic carbocycles. The number of phenolic OH excluding ortho intramolecular Hbond substituents is 1. The molecule has 8 bridgehead atoms. The lowest BCUT2D eigenvalue weighted by Gasteiger charge is -2.12. The molecular formula is C44H28N2O3S2. The number of hydrogen-bond donors (Lipinski definition) is 3. The van der Waals surface area contributed by atoms with Gasteiger partial charge < -0.3 is 15.1 Å².